The Balaban J connectivity index is 1.76. The molecule has 1 saturated heterocycles. The molecule has 0 aromatic carbocycles. The summed E-state index contributed by atoms with van der Waals surface area (Å²) in [4.78, 5) is 4.22. The van der Waals surface area contributed by atoms with Crippen molar-refractivity contribution in [1.29, 1.82) is 0 Å². The van der Waals surface area contributed by atoms with Crippen molar-refractivity contribution in [1.82, 2.24) is 10.6 Å². The lowest BCUT2D eigenvalue weighted by atomic mass is 9.99. The second-order valence-electron chi connectivity index (χ2n) is 7.21. The minimum Gasteiger partial charge on any atom is -0.381 e. The van der Waals surface area contributed by atoms with Gasteiger partial charge in [-0.25, -0.2) is 8.42 Å². The molecule has 1 saturated carbocycles. The smallest absolute Gasteiger partial charge is 0.191 e. The van der Waals surface area contributed by atoms with E-state index in [2.05, 4.69) is 15.6 Å². The van der Waals surface area contributed by atoms with Crippen molar-refractivity contribution in [2.24, 2.45) is 10.9 Å². The SMILES string of the molecule is CN=C(NCCCC1CCCC1)NCC1(S(C)(=O)=O)CCOCC1. The fourth-order valence-electron chi connectivity index (χ4n) is 3.78. The number of sulfone groups is 1. The first-order chi connectivity index (χ1) is 11.5. The predicted octanol–water partition coefficient (Wildman–Crippen LogP) is 1.72. The van der Waals surface area contributed by atoms with Crippen LogP contribution < -0.4 is 10.6 Å². The molecule has 6 nitrogen and oxygen atoms in total. The lowest BCUT2D eigenvalue weighted by molar-refractivity contribution is 0.0756. The number of aliphatic imine (C=N–C) groups is 1. The number of guanidine groups is 1. The third kappa shape index (κ3) is 5.34. The van der Waals surface area contributed by atoms with Gasteiger partial charge in [-0.05, 0) is 31.6 Å². The van der Waals surface area contributed by atoms with Crippen LogP contribution in [0.25, 0.3) is 0 Å². The summed E-state index contributed by atoms with van der Waals surface area (Å²) in [5.41, 5.74) is 0. The lowest BCUT2D eigenvalue weighted by Gasteiger charge is -2.35. The highest BCUT2D eigenvalue weighted by Crippen LogP contribution is 2.29. The van der Waals surface area contributed by atoms with E-state index in [-0.39, 0.29) is 0 Å². The van der Waals surface area contributed by atoms with E-state index in [9.17, 15) is 8.42 Å². The maximum absolute atomic E-state index is 12.3. The van der Waals surface area contributed by atoms with Gasteiger partial charge >= 0.3 is 0 Å². The van der Waals surface area contributed by atoms with Gasteiger partial charge in [0, 0.05) is 39.6 Å². The van der Waals surface area contributed by atoms with Gasteiger partial charge in [0.15, 0.2) is 15.8 Å². The van der Waals surface area contributed by atoms with Crippen LogP contribution in [0.1, 0.15) is 51.4 Å². The molecular formula is C17H33N3O3S. The molecule has 2 N–H and O–H groups in total. The van der Waals surface area contributed by atoms with Gasteiger partial charge in [0.2, 0.25) is 0 Å². The minimum absolute atomic E-state index is 0.386. The highest BCUT2D eigenvalue weighted by molar-refractivity contribution is 7.92. The third-order valence-corrected chi connectivity index (χ3v) is 7.67. The fraction of sp³-hybridized carbons (Fsp3) is 0.941. The molecule has 0 unspecified atom stereocenters. The average molecular weight is 360 g/mol. The van der Waals surface area contributed by atoms with Gasteiger partial charge in [0.25, 0.3) is 0 Å². The molecule has 0 atom stereocenters. The first-order valence-electron chi connectivity index (χ1n) is 9.19. The molecule has 2 rings (SSSR count). The molecule has 7 heteroatoms. The summed E-state index contributed by atoms with van der Waals surface area (Å²) in [5, 5.41) is 6.53. The van der Waals surface area contributed by atoms with Crippen LogP contribution in [0.2, 0.25) is 0 Å². The number of nitrogens with one attached hydrogen (secondary N) is 2. The van der Waals surface area contributed by atoms with Crippen molar-refractivity contribution in [3.05, 3.63) is 0 Å². The van der Waals surface area contributed by atoms with E-state index < -0.39 is 14.6 Å². The van der Waals surface area contributed by atoms with Crippen LogP contribution in [-0.2, 0) is 14.6 Å². The molecule has 1 aliphatic heterocycles. The Morgan fingerprint density at radius 2 is 1.88 bits per heavy atom. The summed E-state index contributed by atoms with van der Waals surface area (Å²) in [6.45, 7) is 2.27. The van der Waals surface area contributed by atoms with Crippen LogP contribution in [0.3, 0.4) is 0 Å². The van der Waals surface area contributed by atoms with Gasteiger partial charge in [-0.15, -0.1) is 0 Å². The molecule has 0 amide bonds. The van der Waals surface area contributed by atoms with E-state index in [4.69, 9.17) is 4.74 Å². The van der Waals surface area contributed by atoms with E-state index in [0.717, 1.165) is 18.9 Å². The number of hydrogen-bond donors (Lipinski definition) is 2. The quantitative estimate of drug-likeness (QED) is 0.411. The van der Waals surface area contributed by atoms with Crippen LogP contribution in [-0.4, -0.2) is 58.7 Å². The molecule has 2 fully saturated rings. The first-order valence-corrected chi connectivity index (χ1v) is 11.1. The molecule has 140 valence electrons. The van der Waals surface area contributed by atoms with E-state index in [1.54, 1.807) is 7.05 Å². The molecular weight excluding hydrogens is 326 g/mol. The minimum atomic E-state index is -3.15. The first kappa shape index (κ1) is 19.5. The highest BCUT2D eigenvalue weighted by atomic mass is 32.2. The molecule has 0 aromatic heterocycles. The zero-order valence-electron chi connectivity index (χ0n) is 15.1. The van der Waals surface area contributed by atoms with Crippen molar-refractivity contribution >= 4 is 15.8 Å². The second-order valence-corrected chi connectivity index (χ2v) is 9.62. The fourth-order valence-corrected chi connectivity index (χ4v) is 5.03. The zero-order chi connectivity index (χ0) is 17.5. The Morgan fingerprint density at radius 3 is 2.46 bits per heavy atom. The molecule has 0 radical (unpaired) electrons. The molecule has 0 bridgehead atoms. The Labute approximate surface area is 146 Å². The Hall–Kier alpha value is -0.820. The Bertz CT molecular complexity index is 507. The molecule has 0 spiro atoms. The van der Waals surface area contributed by atoms with Gasteiger partial charge < -0.3 is 15.4 Å². The number of nitrogens with zero attached hydrogens (tertiary/aromatic N) is 1. The van der Waals surface area contributed by atoms with Gasteiger partial charge in [-0.3, -0.25) is 4.99 Å². The van der Waals surface area contributed by atoms with Gasteiger partial charge in [-0.2, -0.15) is 0 Å². The van der Waals surface area contributed by atoms with E-state index in [1.165, 1.54) is 38.4 Å². The average Bonchev–Trinajstić information content (AvgIpc) is 3.07. The maximum atomic E-state index is 12.3. The van der Waals surface area contributed by atoms with E-state index in [1.807, 2.05) is 0 Å². The van der Waals surface area contributed by atoms with Crippen LogP contribution in [0, 0.1) is 5.92 Å². The molecule has 24 heavy (non-hydrogen) atoms. The number of hydrogen-bond acceptors (Lipinski definition) is 4. The van der Waals surface area contributed by atoms with Gasteiger partial charge in [0.05, 0.1) is 4.75 Å². The van der Waals surface area contributed by atoms with E-state index in [0.29, 0.717) is 38.6 Å². The molecule has 2 aliphatic rings. The largest absolute Gasteiger partial charge is 0.381 e. The molecule has 0 aromatic rings. The monoisotopic (exact) mass is 359 g/mol. The zero-order valence-corrected chi connectivity index (χ0v) is 16.0. The normalized spacial score (nSPS) is 22.5. The topological polar surface area (TPSA) is 79.8 Å². The Kier molecular flexibility index (Phi) is 7.34. The second kappa shape index (κ2) is 9.04. The Morgan fingerprint density at radius 1 is 1.21 bits per heavy atom. The predicted molar refractivity (Wildman–Crippen MR) is 98.2 cm³/mol. The maximum Gasteiger partial charge on any atom is 0.191 e. The van der Waals surface area contributed by atoms with Gasteiger partial charge in [-0.1, -0.05) is 25.7 Å². The van der Waals surface area contributed by atoms with Crippen molar-refractivity contribution in [3.63, 3.8) is 0 Å². The van der Waals surface area contributed by atoms with Crippen molar-refractivity contribution < 1.29 is 13.2 Å². The highest BCUT2D eigenvalue weighted by Gasteiger charge is 2.42. The standard InChI is InChI=1S/C17H33N3O3S/c1-18-16(19-11-5-8-15-6-3-4-7-15)20-14-17(24(2,21)22)9-12-23-13-10-17/h15H,3-14H2,1-2H3,(H2,18,19,20). The van der Waals surface area contributed by atoms with Crippen molar-refractivity contribution in [2.75, 3.05) is 39.6 Å². The number of rotatable bonds is 7. The molecule has 1 aliphatic carbocycles. The van der Waals surface area contributed by atoms with Crippen molar-refractivity contribution in [3.8, 4) is 0 Å². The van der Waals surface area contributed by atoms with Crippen LogP contribution >= 0.6 is 0 Å². The summed E-state index contributed by atoms with van der Waals surface area (Å²) in [7, 11) is -1.43. The summed E-state index contributed by atoms with van der Waals surface area (Å²) in [6, 6.07) is 0. The lowest BCUT2D eigenvalue weighted by Crippen LogP contribution is -2.53. The van der Waals surface area contributed by atoms with E-state index >= 15 is 0 Å². The van der Waals surface area contributed by atoms with Crippen LogP contribution in [0.4, 0.5) is 0 Å². The summed E-state index contributed by atoms with van der Waals surface area (Å²) in [6.07, 6.45) is 10.4. The third-order valence-electron chi connectivity index (χ3n) is 5.55. The van der Waals surface area contributed by atoms with Crippen molar-refractivity contribution in [2.45, 2.75) is 56.1 Å². The summed E-state index contributed by atoms with van der Waals surface area (Å²) < 4.78 is 29.1. The van der Waals surface area contributed by atoms with Gasteiger partial charge in [0.1, 0.15) is 0 Å². The summed E-state index contributed by atoms with van der Waals surface area (Å²) >= 11 is 0. The number of ether oxygens (including phenoxy) is 1. The summed E-state index contributed by atoms with van der Waals surface area (Å²) in [5.74, 6) is 1.59. The molecule has 1 heterocycles. The van der Waals surface area contributed by atoms with Crippen LogP contribution in [0.15, 0.2) is 4.99 Å². The van der Waals surface area contributed by atoms with Crippen LogP contribution in [0.5, 0.6) is 0 Å².